The average Bonchev–Trinajstić information content (AvgIpc) is 2.68. The van der Waals surface area contributed by atoms with Crippen molar-refractivity contribution in [1.82, 2.24) is 14.7 Å². The van der Waals surface area contributed by atoms with Gasteiger partial charge in [0.1, 0.15) is 5.82 Å². The molecule has 1 saturated carbocycles. The second-order valence-corrected chi connectivity index (χ2v) is 5.10. The number of hydrogen-bond acceptors (Lipinski definition) is 3. The zero-order valence-corrected chi connectivity index (χ0v) is 10.9. The number of carbonyl (C=O) groups is 1. The second kappa shape index (κ2) is 4.66. The fourth-order valence-electron chi connectivity index (χ4n) is 2.49. The van der Waals surface area contributed by atoms with Gasteiger partial charge < -0.3 is 14.8 Å². The SMILES string of the molecule is Cc1cccn2c(CNC3CCC3)nc(C(=O)O)c12. The lowest BCUT2D eigenvalue weighted by atomic mass is 9.93. The van der Waals surface area contributed by atoms with Gasteiger partial charge in [-0.05, 0) is 31.4 Å². The van der Waals surface area contributed by atoms with Crippen LogP contribution in [-0.4, -0.2) is 26.5 Å². The van der Waals surface area contributed by atoms with Gasteiger partial charge in [-0.1, -0.05) is 12.5 Å². The number of imidazole rings is 1. The van der Waals surface area contributed by atoms with E-state index in [4.69, 9.17) is 0 Å². The maximum Gasteiger partial charge on any atom is 0.356 e. The zero-order valence-electron chi connectivity index (χ0n) is 10.9. The Morgan fingerprint density at radius 2 is 2.37 bits per heavy atom. The molecule has 2 aromatic rings. The van der Waals surface area contributed by atoms with Gasteiger partial charge in [-0.2, -0.15) is 0 Å². The molecule has 0 unspecified atom stereocenters. The Labute approximate surface area is 111 Å². The van der Waals surface area contributed by atoms with Crippen LogP contribution in [0.2, 0.25) is 0 Å². The predicted molar refractivity (Wildman–Crippen MR) is 71.4 cm³/mol. The molecule has 3 rings (SSSR count). The van der Waals surface area contributed by atoms with Gasteiger partial charge in [0.2, 0.25) is 0 Å². The van der Waals surface area contributed by atoms with Gasteiger partial charge in [-0.3, -0.25) is 0 Å². The number of fused-ring (bicyclic) bond motifs is 1. The van der Waals surface area contributed by atoms with E-state index >= 15 is 0 Å². The summed E-state index contributed by atoms with van der Waals surface area (Å²) in [5.74, 6) is -0.204. The Morgan fingerprint density at radius 3 is 3.00 bits per heavy atom. The molecule has 1 aliphatic rings. The lowest BCUT2D eigenvalue weighted by Gasteiger charge is -2.26. The van der Waals surface area contributed by atoms with Crippen molar-refractivity contribution in [3.8, 4) is 0 Å². The first-order valence-electron chi connectivity index (χ1n) is 6.60. The van der Waals surface area contributed by atoms with E-state index < -0.39 is 5.97 Å². The van der Waals surface area contributed by atoms with E-state index in [9.17, 15) is 9.90 Å². The molecule has 2 N–H and O–H groups in total. The van der Waals surface area contributed by atoms with Crippen molar-refractivity contribution in [2.75, 3.05) is 0 Å². The molecule has 1 fully saturated rings. The molecule has 0 amide bonds. The summed E-state index contributed by atoms with van der Waals surface area (Å²) >= 11 is 0. The van der Waals surface area contributed by atoms with Crippen molar-refractivity contribution >= 4 is 11.5 Å². The molecular formula is C14H17N3O2. The van der Waals surface area contributed by atoms with Crippen LogP contribution in [0.5, 0.6) is 0 Å². The van der Waals surface area contributed by atoms with Gasteiger partial charge in [0.25, 0.3) is 0 Å². The van der Waals surface area contributed by atoms with E-state index in [2.05, 4.69) is 10.3 Å². The summed E-state index contributed by atoms with van der Waals surface area (Å²) in [6.45, 7) is 2.52. The second-order valence-electron chi connectivity index (χ2n) is 5.10. The van der Waals surface area contributed by atoms with Crippen molar-refractivity contribution in [1.29, 1.82) is 0 Å². The van der Waals surface area contributed by atoms with E-state index in [0.717, 1.165) is 11.4 Å². The Balaban J connectivity index is 1.99. The van der Waals surface area contributed by atoms with E-state index in [1.807, 2.05) is 29.7 Å². The van der Waals surface area contributed by atoms with Gasteiger partial charge in [0.15, 0.2) is 5.69 Å². The molecule has 2 heterocycles. The fourth-order valence-corrected chi connectivity index (χ4v) is 2.49. The minimum Gasteiger partial charge on any atom is -0.476 e. The van der Waals surface area contributed by atoms with Crippen molar-refractivity contribution in [2.24, 2.45) is 0 Å². The third-order valence-corrected chi connectivity index (χ3v) is 3.80. The highest BCUT2D eigenvalue weighted by molar-refractivity contribution is 5.94. The first-order valence-corrected chi connectivity index (χ1v) is 6.60. The van der Waals surface area contributed by atoms with Crippen LogP contribution in [0.15, 0.2) is 18.3 Å². The molecule has 5 nitrogen and oxygen atoms in total. The monoisotopic (exact) mass is 259 g/mol. The van der Waals surface area contributed by atoms with E-state index in [1.54, 1.807) is 0 Å². The molecule has 0 atom stereocenters. The molecule has 100 valence electrons. The van der Waals surface area contributed by atoms with Crippen LogP contribution in [0.4, 0.5) is 0 Å². The number of nitrogens with zero attached hydrogens (tertiary/aromatic N) is 2. The molecule has 0 aromatic carbocycles. The number of aryl methyl sites for hydroxylation is 1. The van der Waals surface area contributed by atoms with Crippen LogP contribution in [0, 0.1) is 6.92 Å². The number of rotatable bonds is 4. The maximum absolute atomic E-state index is 11.3. The van der Waals surface area contributed by atoms with Crippen molar-refractivity contribution in [2.45, 2.75) is 38.8 Å². The minimum atomic E-state index is -0.971. The smallest absolute Gasteiger partial charge is 0.356 e. The predicted octanol–water partition coefficient (Wildman–Crippen LogP) is 1.98. The molecule has 0 radical (unpaired) electrons. The molecule has 0 aliphatic heterocycles. The summed E-state index contributed by atoms with van der Waals surface area (Å²) in [6, 6.07) is 4.39. The lowest BCUT2D eigenvalue weighted by Crippen LogP contribution is -2.35. The summed E-state index contributed by atoms with van der Waals surface area (Å²) in [5, 5.41) is 12.7. The summed E-state index contributed by atoms with van der Waals surface area (Å²) in [5.41, 5.74) is 1.77. The number of pyridine rings is 1. The highest BCUT2D eigenvalue weighted by Gasteiger charge is 2.20. The van der Waals surface area contributed by atoms with Gasteiger partial charge in [-0.25, -0.2) is 9.78 Å². The third-order valence-electron chi connectivity index (χ3n) is 3.80. The van der Waals surface area contributed by atoms with E-state index in [1.165, 1.54) is 19.3 Å². The van der Waals surface area contributed by atoms with E-state index in [-0.39, 0.29) is 5.69 Å². The van der Waals surface area contributed by atoms with E-state index in [0.29, 0.717) is 18.1 Å². The third kappa shape index (κ3) is 2.10. The van der Waals surface area contributed by atoms with Crippen molar-refractivity contribution < 1.29 is 9.90 Å². The number of aromatic nitrogens is 2. The Bertz CT molecular complexity index is 629. The van der Waals surface area contributed by atoms with Crippen LogP contribution in [0.25, 0.3) is 5.52 Å². The number of carboxylic acids is 1. The number of aromatic carboxylic acids is 1. The summed E-state index contributed by atoms with van der Waals surface area (Å²) < 4.78 is 1.88. The Kier molecular flexibility index (Phi) is 2.98. The fraction of sp³-hybridized carbons (Fsp3) is 0.429. The number of nitrogens with one attached hydrogen (secondary N) is 1. The minimum absolute atomic E-state index is 0.142. The highest BCUT2D eigenvalue weighted by atomic mass is 16.4. The van der Waals surface area contributed by atoms with Crippen LogP contribution in [0.1, 0.15) is 41.1 Å². The summed E-state index contributed by atoms with van der Waals surface area (Å²) in [7, 11) is 0. The molecule has 0 saturated heterocycles. The number of hydrogen-bond donors (Lipinski definition) is 2. The Hall–Kier alpha value is -1.88. The van der Waals surface area contributed by atoms with Crippen LogP contribution < -0.4 is 5.32 Å². The van der Waals surface area contributed by atoms with Crippen molar-refractivity contribution in [3.63, 3.8) is 0 Å². The summed E-state index contributed by atoms with van der Waals surface area (Å²) in [4.78, 5) is 15.6. The maximum atomic E-state index is 11.3. The molecular weight excluding hydrogens is 242 g/mol. The van der Waals surface area contributed by atoms with Crippen LogP contribution >= 0.6 is 0 Å². The molecule has 1 aliphatic carbocycles. The molecule has 0 spiro atoms. The van der Waals surface area contributed by atoms with Gasteiger partial charge in [-0.15, -0.1) is 0 Å². The van der Waals surface area contributed by atoms with Crippen molar-refractivity contribution in [3.05, 3.63) is 35.4 Å². The normalized spacial score (nSPS) is 15.6. The van der Waals surface area contributed by atoms with Gasteiger partial charge in [0, 0.05) is 12.2 Å². The largest absolute Gasteiger partial charge is 0.476 e. The molecule has 0 bridgehead atoms. The van der Waals surface area contributed by atoms with Crippen LogP contribution in [0.3, 0.4) is 0 Å². The van der Waals surface area contributed by atoms with Crippen LogP contribution in [-0.2, 0) is 6.54 Å². The van der Waals surface area contributed by atoms with Gasteiger partial charge in [0.05, 0.1) is 12.1 Å². The quantitative estimate of drug-likeness (QED) is 0.881. The highest BCUT2D eigenvalue weighted by Crippen LogP contribution is 2.20. The zero-order chi connectivity index (χ0) is 13.4. The Morgan fingerprint density at radius 1 is 1.58 bits per heavy atom. The number of carboxylic acid groups (broad SMARTS) is 1. The lowest BCUT2D eigenvalue weighted by molar-refractivity contribution is 0.0693. The van der Waals surface area contributed by atoms with Gasteiger partial charge >= 0.3 is 5.97 Å². The topological polar surface area (TPSA) is 66.6 Å². The first kappa shape index (κ1) is 12.2. The summed E-state index contributed by atoms with van der Waals surface area (Å²) in [6.07, 6.45) is 5.56. The molecule has 19 heavy (non-hydrogen) atoms. The molecule has 5 heteroatoms. The average molecular weight is 259 g/mol. The standard InChI is InChI=1S/C14H17N3O2/c1-9-4-3-7-17-11(8-15-10-5-2-6-10)16-12(13(9)17)14(18)19/h3-4,7,10,15H,2,5-6,8H2,1H3,(H,18,19). The molecule has 2 aromatic heterocycles. The first-order chi connectivity index (χ1) is 9.16.